The molecule has 4 aliphatic carbocycles. The average Bonchev–Trinajstić information content (AvgIpc) is 3.42. The normalized spacial score (nSPS) is 39.7. The molecular weight excluding hydrogens is 567 g/mol. The van der Waals surface area contributed by atoms with Gasteiger partial charge in [0.2, 0.25) is 0 Å². The van der Waals surface area contributed by atoms with Crippen LogP contribution in [-0.4, -0.2) is 17.8 Å². The third-order valence-electron chi connectivity index (χ3n) is 17.1. The summed E-state index contributed by atoms with van der Waals surface area (Å²) in [6.45, 7) is 15.9. The van der Waals surface area contributed by atoms with Gasteiger partial charge in [0.05, 0.1) is 11.1 Å². The van der Waals surface area contributed by atoms with Gasteiger partial charge in [-0.25, -0.2) is 0 Å². The van der Waals surface area contributed by atoms with Gasteiger partial charge in [-0.2, -0.15) is 0 Å². The van der Waals surface area contributed by atoms with Gasteiger partial charge in [0.1, 0.15) is 0 Å². The summed E-state index contributed by atoms with van der Waals surface area (Å²) in [5.74, 6) is 3.33. The van der Waals surface area contributed by atoms with Crippen molar-refractivity contribution in [1.29, 1.82) is 0 Å². The van der Waals surface area contributed by atoms with Gasteiger partial charge in [-0.3, -0.25) is 0 Å². The molecule has 8 aliphatic rings. The molecule has 0 radical (unpaired) electrons. The Morgan fingerprint density at radius 3 is 1.74 bits per heavy atom. The molecule has 0 aromatic heterocycles. The summed E-state index contributed by atoms with van der Waals surface area (Å²) >= 11 is 0. The van der Waals surface area contributed by atoms with Crippen LogP contribution in [0.4, 0.5) is 22.7 Å². The molecular formula is C44H53BN2. The molecule has 242 valence electrons. The van der Waals surface area contributed by atoms with Crippen molar-refractivity contribution in [2.24, 2.45) is 23.7 Å². The van der Waals surface area contributed by atoms with Gasteiger partial charge in [0.15, 0.2) is 0 Å². The molecule has 0 bridgehead atoms. The lowest BCUT2D eigenvalue weighted by Gasteiger charge is -2.60. The van der Waals surface area contributed by atoms with Gasteiger partial charge in [-0.15, -0.1) is 0 Å². The summed E-state index contributed by atoms with van der Waals surface area (Å²) in [5, 5.41) is 0. The molecule has 0 saturated heterocycles. The Kier molecular flexibility index (Phi) is 5.23. The third kappa shape index (κ3) is 2.91. The van der Waals surface area contributed by atoms with Crippen LogP contribution in [0.5, 0.6) is 0 Å². The molecule has 8 atom stereocenters. The Morgan fingerprint density at radius 1 is 0.596 bits per heavy atom. The number of fused-ring (bicyclic) bond motifs is 14. The molecule has 4 heterocycles. The highest BCUT2D eigenvalue weighted by molar-refractivity contribution is 7.00. The zero-order valence-corrected chi connectivity index (χ0v) is 29.8. The van der Waals surface area contributed by atoms with Crippen LogP contribution in [0.3, 0.4) is 0 Å². The lowest BCUT2D eigenvalue weighted by atomic mass is 9.33. The summed E-state index contributed by atoms with van der Waals surface area (Å²) < 4.78 is 0. The zero-order chi connectivity index (χ0) is 31.8. The maximum atomic E-state index is 2.98. The van der Waals surface area contributed by atoms with E-state index in [0.29, 0.717) is 6.71 Å². The van der Waals surface area contributed by atoms with Crippen molar-refractivity contribution in [1.82, 2.24) is 0 Å². The largest absolute Gasteiger partial charge is 0.335 e. The van der Waals surface area contributed by atoms with E-state index < -0.39 is 0 Å². The molecule has 11 rings (SSSR count). The van der Waals surface area contributed by atoms with E-state index in [-0.39, 0.29) is 21.9 Å². The Morgan fingerprint density at radius 2 is 1.13 bits per heavy atom. The first-order chi connectivity index (χ1) is 22.6. The molecule has 3 aromatic rings. The van der Waals surface area contributed by atoms with Gasteiger partial charge in [0.25, 0.3) is 6.71 Å². The summed E-state index contributed by atoms with van der Waals surface area (Å²) in [5.41, 5.74) is 17.9. The molecule has 4 fully saturated rings. The van der Waals surface area contributed by atoms with Crippen molar-refractivity contribution < 1.29 is 0 Å². The SMILES string of the molecule is Cc1cc2c3c(c1)N1c4c(cc(C)cc4C4(C)C5CCCCC5CCC14C)B3c1cccc3c1N2C1(C)CCC2CCCCC2C31C. The van der Waals surface area contributed by atoms with Crippen LogP contribution in [0.25, 0.3) is 0 Å². The molecule has 0 N–H and O–H groups in total. The van der Waals surface area contributed by atoms with Crippen LogP contribution in [0.1, 0.15) is 127 Å². The van der Waals surface area contributed by atoms with E-state index in [2.05, 4.69) is 93.8 Å². The van der Waals surface area contributed by atoms with E-state index in [0.717, 1.165) is 23.7 Å². The monoisotopic (exact) mass is 620 g/mol. The number of hydrogen-bond acceptors (Lipinski definition) is 2. The van der Waals surface area contributed by atoms with Crippen LogP contribution in [0, 0.1) is 37.5 Å². The number of benzene rings is 3. The van der Waals surface area contributed by atoms with E-state index in [9.17, 15) is 0 Å². The van der Waals surface area contributed by atoms with Crippen LogP contribution >= 0.6 is 0 Å². The fraction of sp³-hybridized carbons (Fsp3) is 0.591. The molecule has 2 nitrogen and oxygen atoms in total. The molecule has 3 aromatic carbocycles. The van der Waals surface area contributed by atoms with Crippen LogP contribution in [0.2, 0.25) is 0 Å². The predicted molar refractivity (Wildman–Crippen MR) is 199 cm³/mol. The maximum absolute atomic E-state index is 2.98. The molecule has 4 aliphatic heterocycles. The summed E-state index contributed by atoms with van der Waals surface area (Å²) in [6, 6.07) is 18.1. The van der Waals surface area contributed by atoms with Crippen molar-refractivity contribution in [3.63, 3.8) is 0 Å². The molecule has 3 heteroatoms. The highest BCUT2D eigenvalue weighted by Gasteiger charge is 2.69. The first-order valence-corrected chi connectivity index (χ1v) is 19.7. The fourth-order valence-corrected chi connectivity index (χ4v) is 14.9. The van der Waals surface area contributed by atoms with Gasteiger partial charge >= 0.3 is 0 Å². The van der Waals surface area contributed by atoms with Gasteiger partial charge in [0, 0.05) is 33.6 Å². The van der Waals surface area contributed by atoms with Crippen LogP contribution < -0.4 is 26.2 Å². The topological polar surface area (TPSA) is 6.48 Å². The van der Waals surface area contributed by atoms with Crippen LogP contribution in [-0.2, 0) is 10.8 Å². The standard InChI is InChI=1S/C44H53BN2/c1-26-22-33-40-35(23-26)45-34-17-11-16-32-39(34)46(41(3)20-18-28-12-7-9-14-30(28)43(32,41)5)36-24-27(2)25-37(38(36)45)47(40)42(4)21-19-29-13-8-10-15-31(29)44(33,42)6/h11,16-17,22-25,28-31H,7-10,12-15,18-21H2,1-6H3. The van der Waals surface area contributed by atoms with E-state index in [4.69, 9.17) is 0 Å². The zero-order valence-electron chi connectivity index (χ0n) is 29.8. The minimum Gasteiger partial charge on any atom is -0.335 e. The third-order valence-corrected chi connectivity index (χ3v) is 17.1. The van der Waals surface area contributed by atoms with E-state index in [1.54, 1.807) is 50.3 Å². The van der Waals surface area contributed by atoms with Gasteiger partial charge < -0.3 is 9.80 Å². The maximum Gasteiger partial charge on any atom is 0.252 e. The first kappa shape index (κ1) is 28.2. The average molecular weight is 621 g/mol. The Balaban J connectivity index is 1.23. The molecule has 8 unspecified atom stereocenters. The number of rotatable bonds is 0. The second-order valence-corrected chi connectivity index (χ2v) is 18.6. The minimum atomic E-state index is 0.0919. The van der Waals surface area contributed by atoms with Crippen LogP contribution in [0.15, 0.2) is 42.5 Å². The second kappa shape index (κ2) is 8.72. The van der Waals surface area contributed by atoms with E-state index >= 15 is 0 Å². The molecule has 0 amide bonds. The second-order valence-electron chi connectivity index (χ2n) is 18.6. The quantitative estimate of drug-likeness (QED) is 0.232. The number of para-hydroxylation sites is 1. The predicted octanol–water partition coefficient (Wildman–Crippen LogP) is 8.98. The number of aryl methyl sites for hydroxylation is 2. The lowest BCUT2D eigenvalue weighted by molar-refractivity contribution is 0.0318. The fourth-order valence-electron chi connectivity index (χ4n) is 14.9. The highest BCUT2D eigenvalue weighted by Crippen LogP contribution is 2.69. The summed E-state index contributed by atoms with van der Waals surface area (Å²) in [4.78, 5) is 5.96. The Bertz CT molecular complexity index is 1890. The lowest BCUT2D eigenvalue weighted by Crippen LogP contribution is -2.68. The summed E-state index contributed by atoms with van der Waals surface area (Å²) in [7, 11) is 0. The van der Waals surface area contributed by atoms with Gasteiger partial charge in [-0.1, -0.05) is 88.3 Å². The van der Waals surface area contributed by atoms with Crippen molar-refractivity contribution in [3.8, 4) is 0 Å². The Labute approximate surface area is 283 Å². The molecule has 0 spiro atoms. The first-order valence-electron chi connectivity index (χ1n) is 19.7. The molecule has 47 heavy (non-hydrogen) atoms. The van der Waals surface area contributed by atoms with Crippen molar-refractivity contribution >= 4 is 45.9 Å². The van der Waals surface area contributed by atoms with Gasteiger partial charge in [-0.05, 0) is 135 Å². The Hall–Kier alpha value is -2.68. The number of nitrogens with zero attached hydrogens (tertiary/aromatic N) is 2. The number of hydrogen-bond donors (Lipinski definition) is 0. The van der Waals surface area contributed by atoms with Crippen molar-refractivity contribution in [3.05, 3.63) is 64.7 Å². The summed E-state index contributed by atoms with van der Waals surface area (Å²) in [6.07, 6.45) is 16.8. The molecule has 4 saturated carbocycles. The smallest absolute Gasteiger partial charge is 0.252 e. The number of anilines is 4. The van der Waals surface area contributed by atoms with Crippen molar-refractivity contribution in [2.45, 2.75) is 141 Å². The highest BCUT2D eigenvalue weighted by atomic mass is 15.3. The minimum absolute atomic E-state index is 0.0919. The van der Waals surface area contributed by atoms with Crippen molar-refractivity contribution in [2.75, 3.05) is 9.80 Å². The van der Waals surface area contributed by atoms with E-state index in [1.165, 1.54) is 88.2 Å². The van der Waals surface area contributed by atoms with E-state index in [1.807, 2.05) is 0 Å².